The van der Waals surface area contributed by atoms with Crippen molar-refractivity contribution in [2.45, 2.75) is 19.8 Å². The predicted octanol–water partition coefficient (Wildman–Crippen LogP) is 1.52. The van der Waals surface area contributed by atoms with Crippen molar-refractivity contribution >= 4 is 7.60 Å². The number of hydrogen-bond acceptors (Lipinski definition) is 1. The minimum Gasteiger partial charge on any atom is -0.324 e. The summed E-state index contributed by atoms with van der Waals surface area (Å²) in [7, 11) is -3.76. The Labute approximate surface area is 60.9 Å². The van der Waals surface area contributed by atoms with Gasteiger partial charge in [-0.1, -0.05) is 5.57 Å². The van der Waals surface area contributed by atoms with Crippen LogP contribution >= 0.6 is 7.60 Å². The molecule has 0 aliphatic heterocycles. The first-order valence-electron chi connectivity index (χ1n) is 3.11. The van der Waals surface area contributed by atoms with Crippen LogP contribution in [0.2, 0.25) is 0 Å². The molecule has 0 radical (unpaired) electrons. The van der Waals surface area contributed by atoms with Crippen molar-refractivity contribution in [3.05, 3.63) is 12.2 Å². The molecule has 10 heavy (non-hydrogen) atoms. The maximum absolute atomic E-state index is 10.3. The number of rotatable bonds is 4. The summed E-state index contributed by atoms with van der Waals surface area (Å²) >= 11 is 0. The van der Waals surface area contributed by atoms with E-state index in [-0.39, 0.29) is 6.16 Å². The van der Waals surface area contributed by atoms with E-state index in [1.807, 2.05) is 6.92 Å². The Balaban J connectivity index is 3.39. The third-order valence-corrected chi connectivity index (χ3v) is 1.95. The normalized spacial score (nSPS) is 11.5. The average Bonchev–Trinajstić information content (AvgIpc) is 1.59. The molecule has 0 saturated carbocycles. The summed E-state index contributed by atoms with van der Waals surface area (Å²) in [4.78, 5) is 16.8. The standard InChI is InChI=1S/C6H13O3P/c1-6(2)4-3-5-10(7,8)9/h1,3-5H2,2H3,(H2,7,8,9). The van der Waals surface area contributed by atoms with Gasteiger partial charge in [0, 0.05) is 0 Å². The van der Waals surface area contributed by atoms with E-state index >= 15 is 0 Å². The quantitative estimate of drug-likeness (QED) is 0.489. The van der Waals surface area contributed by atoms with Gasteiger partial charge in [0.15, 0.2) is 0 Å². The zero-order chi connectivity index (χ0) is 8.20. The summed E-state index contributed by atoms with van der Waals surface area (Å²) in [6.45, 7) is 5.47. The first-order valence-corrected chi connectivity index (χ1v) is 4.90. The third kappa shape index (κ3) is 7.89. The summed E-state index contributed by atoms with van der Waals surface area (Å²) < 4.78 is 10.3. The van der Waals surface area contributed by atoms with E-state index in [0.717, 1.165) is 5.57 Å². The van der Waals surface area contributed by atoms with Gasteiger partial charge in [-0.2, -0.15) is 0 Å². The monoisotopic (exact) mass is 164 g/mol. The smallest absolute Gasteiger partial charge is 0.324 e. The lowest BCUT2D eigenvalue weighted by Gasteiger charge is -2.01. The van der Waals surface area contributed by atoms with E-state index in [4.69, 9.17) is 9.79 Å². The van der Waals surface area contributed by atoms with Crippen molar-refractivity contribution in [3.8, 4) is 0 Å². The highest BCUT2D eigenvalue weighted by Gasteiger charge is 2.10. The van der Waals surface area contributed by atoms with Gasteiger partial charge in [-0.05, 0) is 19.8 Å². The topological polar surface area (TPSA) is 57.5 Å². The second-order valence-electron chi connectivity index (χ2n) is 2.45. The molecule has 0 saturated heterocycles. The van der Waals surface area contributed by atoms with Crippen LogP contribution in [0.5, 0.6) is 0 Å². The molecule has 0 unspecified atom stereocenters. The van der Waals surface area contributed by atoms with Crippen LogP contribution in [0.3, 0.4) is 0 Å². The lowest BCUT2D eigenvalue weighted by atomic mass is 10.2. The van der Waals surface area contributed by atoms with Crippen molar-refractivity contribution in [3.63, 3.8) is 0 Å². The molecule has 0 spiro atoms. The highest BCUT2D eigenvalue weighted by atomic mass is 31.2. The molecule has 4 heteroatoms. The number of hydrogen-bond donors (Lipinski definition) is 2. The summed E-state index contributed by atoms with van der Waals surface area (Å²) in [5.74, 6) is 0. The van der Waals surface area contributed by atoms with Gasteiger partial charge in [0.2, 0.25) is 0 Å². The SMILES string of the molecule is C=C(C)CCCP(=O)(O)O. The molecule has 0 aliphatic carbocycles. The van der Waals surface area contributed by atoms with E-state index in [0.29, 0.717) is 12.8 Å². The third-order valence-electron chi connectivity index (χ3n) is 1.05. The van der Waals surface area contributed by atoms with Crippen molar-refractivity contribution in [1.29, 1.82) is 0 Å². The Morgan fingerprint density at radius 2 is 2.10 bits per heavy atom. The van der Waals surface area contributed by atoms with Crippen LogP contribution in [-0.4, -0.2) is 15.9 Å². The van der Waals surface area contributed by atoms with E-state index in [9.17, 15) is 4.57 Å². The average molecular weight is 164 g/mol. The fourth-order valence-corrected chi connectivity index (χ4v) is 1.16. The molecule has 0 fully saturated rings. The van der Waals surface area contributed by atoms with Crippen molar-refractivity contribution < 1.29 is 14.4 Å². The highest BCUT2D eigenvalue weighted by molar-refractivity contribution is 7.51. The van der Waals surface area contributed by atoms with E-state index < -0.39 is 7.60 Å². The van der Waals surface area contributed by atoms with Crippen LogP contribution in [0.1, 0.15) is 19.8 Å². The van der Waals surface area contributed by atoms with Crippen LogP contribution < -0.4 is 0 Å². The Bertz CT molecular complexity index is 158. The Morgan fingerprint density at radius 1 is 1.60 bits per heavy atom. The molecule has 0 aliphatic rings. The lowest BCUT2D eigenvalue weighted by Crippen LogP contribution is -1.87. The Morgan fingerprint density at radius 3 is 2.40 bits per heavy atom. The molecule has 0 aromatic heterocycles. The van der Waals surface area contributed by atoms with Crippen molar-refractivity contribution in [1.82, 2.24) is 0 Å². The summed E-state index contributed by atoms with van der Waals surface area (Å²) in [5.41, 5.74) is 0.966. The van der Waals surface area contributed by atoms with Crippen LogP contribution in [0.25, 0.3) is 0 Å². The first-order chi connectivity index (χ1) is 4.42. The fraction of sp³-hybridized carbons (Fsp3) is 0.667. The van der Waals surface area contributed by atoms with Gasteiger partial charge in [0.25, 0.3) is 0 Å². The van der Waals surface area contributed by atoms with Gasteiger partial charge < -0.3 is 9.79 Å². The zero-order valence-corrected chi connectivity index (χ0v) is 6.97. The summed E-state index contributed by atoms with van der Waals surface area (Å²) in [5, 5.41) is 0. The van der Waals surface area contributed by atoms with Gasteiger partial charge >= 0.3 is 7.60 Å². The molecule has 0 rings (SSSR count). The molecule has 0 aromatic carbocycles. The minimum absolute atomic E-state index is 0.0279. The summed E-state index contributed by atoms with van der Waals surface area (Å²) in [6, 6.07) is 0. The fourth-order valence-electron chi connectivity index (χ4n) is 0.587. The van der Waals surface area contributed by atoms with Crippen LogP contribution in [0.15, 0.2) is 12.2 Å². The maximum atomic E-state index is 10.3. The van der Waals surface area contributed by atoms with Gasteiger partial charge in [-0.25, -0.2) is 0 Å². The second kappa shape index (κ2) is 3.91. The van der Waals surface area contributed by atoms with Crippen LogP contribution in [0, 0.1) is 0 Å². The molecular formula is C6H13O3P. The van der Waals surface area contributed by atoms with Gasteiger partial charge in [0.05, 0.1) is 6.16 Å². The molecule has 0 atom stereocenters. The van der Waals surface area contributed by atoms with Crippen LogP contribution in [-0.2, 0) is 4.57 Å². The molecular weight excluding hydrogens is 151 g/mol. The zero-order valence-electron chi connectivity index (χ0n) is 6.08. The number of allylic oxidation sites excluding steroid dienone is 1. The Kier molecular flexibility index (Phi) is 3.87. The van der Waals surface area contributed by atoms with E-state index in [1.54, 1.807) is 0 Å². The molecule has 3 nitrogen and oxygen atoms in total. The highest BCUT2D eigenvalue weighted by Crippen LogP contribution is 2.35. The van der Waals surface area contributed by atoms with E-state index in [1.165, 1.54) is 0 Å². The van der Waals surface area contributed by atoms with Gasteiger partial charge in [0.1, 0.15) is 0 Å². The molecule has 0 bridgehead atoms. The van der Waals surface area contributed by atoms with Gasteiger partial charge in [-0.15, -0.1) is 6.58 Å². The van der Waals surface area contributed by atoms with Crippen molar-refractivity contribution in [2.24, 2.45) is 0 Å². The van der Waals surface area contributed by atoms with Crippen molar-refractivity contribution in [2.75, 3.05) is 6.16 Å². The maximum Gasteiger partial charge on any atom is 0.325 e. The second-order valence-corrected chi connectivity index (χ2v) is 4.23. The lowest BCUT2D eigenvalue weighted by molar-refractivity contribution is 0.371. The Hall–Kier alpha value is -0.110. The van der Waals surface area contributed by atoms with E-state index in [2.05, 4.69) is 6.58 Å². The molecule has 60 valence electrons. The predicted molar refractivity (Wildman–Crippen MR) is 41.0 cm³/mol. The van der Waals surface area contributed by atoms with Crippen LogP contribution in [0.4, 0.5) is 0 Å². The molecule has 0 amide bonds. The largest absolute Gasteiger partial charge is 0.325 e. The minimum atomic E-state index is -3.76. The molecule has 0 heterocycles. The molecule has 0 aromatic rings. The first kappa shape index (κ1) is 9.89. The summed E-state index contributed by atoms with van der Waals surface area (Å²) in [6.07, 6.45) is 1.20. The van der Waals surface area contributed by atoms with Gasteiger partial charge in [-0.3, -0.25) is 4.57 Å². The molecule has 2 N–H and O–H groups in total.